The van der Waals surface area contributed by atoms with Crippen molar-refractivity contribution in [3.63, 3.8) is 0 Å². The first-order valence-corrected chi connectivity index (χ1v) is 6.71. The summed E-state index contributed by atoms with van der Waals surface area (Å²) >= 11 is 11.0. The molecular weight excluding hydrogens is 294 g/mol. The Bertz CT molecular complexity index is 632. The van der Waals surface area contributed by atoms with Crippen LogP contribution in [0.15, 0.2) is 30.5 Å². The summed E-state index contributed by atoms with van der Waals surface area (Å²) < 4.78 is 0. The topological polar surface area (TPSA) is 75.9 Å². The summed E-state index contributed by atoms with van der Waals surface area (Å²) in [5.74, 6) is 0.334. The average molecular weight is 308 g/mol. The zero-order chi connectivity index (χ0) is 14.5. The summed E-state index contributed by atoms with van der Waals surface area (Å²) in [5, 5.41) is 6.88. The lowest BCUT2D eigenvalue weighted by molar-refractivity contribution is 0.875. The molecule has 20 heavy (non-hydrogen) atoms. The fourth-order valence-electron chi connectivity index (χ4n) is 1.60. The number of nitrogen functional groups attached to an aromatic ring is 1. The summed E-state index contributed by atoms with van der Waals surface area (Å²) in [6, 6.07) is 7.92. The molecule has 1 heterocycles. The third-order valence-corrected chi connectivity index (χ3v) is 2.97. The first-order chi connectivity index (χ1) is 9.54. The molecule has 1 aromatic carbocycles. The highest BCUT2D eigenvalue weighted by Crippen LogP contribution is 2.11. The SMILES string of the molecule is Cc1cccc(NC(=S)NCc2nc(Cl)cnc2N)c1. The molecule has 2 aromatic rings. The van der Waals surface area contributed by atoms with Gasteiger partial charge in [-0.05, 0) is 36.8 Å². The molecule has 2 rings (SSSR count). The molecule has 0 aliphatic carbocycles. The number of aryl methyl sites for hydroxylation is 1. The van der Waals surface area contributed by atoms with Crippen LogP contribution in [0.3, 0.4) is 0 Å². The van der Waals surface area contributed by atoms with Crippen LogP contribution >= 0.6 is 23.8 Å². The molecule has 0 aliphatic rings. The molecule has 104 valence electrons. The van der Waals surface area contributed by atoms with Gasteiger partial charge in [0.05, 0.1) is 12.7 Å². The van der Waals surface area contributed by atoms with Gasteiger partial charge in [0.1, 0.15) is 16.7 Å². The Morgan fingerprint density at radius 1 is 1.45 bits per heavy atom. The third kappa shape index (κ3) is 4.04. The van der Waals surface area contributed by atoms with Gasteiger partial charge in [0.15, 0.2) is 5.11 Å². The molecule has 0 amide bonds. The quantitative estimate of drug-likeness (QED) is 0.757. The van der Waals surface area contributed by atoms with Gasteiger partial charge in [-0.3, -0.25) is 0 Å². The van der Waals surface area contributed by atoms with Crippen molar-refractivity contribution in [1.82, 2.24) is 15.3 Å². The molecule has 0 aliphatic heterocycles. The largest absolute Gasteiger partial charge is 0.382 e. The molecule has 0 saturated heterocycles. The normalized spacial score (nSPS) is 10.1. The maximum atomic E-state index is 5.77. The van der Waals surface area contributed by atoms with Gasteiger partial charge < -0.3 is 16.4 Å². The van der Waals surface area contributed by atoms with Crippen LogP contribution in [0.25, 0.3) is 0 Å². The van der Waals surface area contributed by atoms with Gasteiger partial charge in [-0.15, -0.1) is 0 Å². The Kier molecular flexibility index (Phi) is 4.70. The zero-order valence-electron chi connectivity index (χ0n) is 10.9. The standard InChI is InChI=1S/C13H14ClN5S/c1-8-3-2-4-9(5-8)18-13(20)17-6-10-12(15)16-7-11(14)19-10/h2-5,7H,6H2,1H3,(H2,15,16)(H2,17,18,20). The van der Waals surface area contributed by atoms with Crippen molar-refractivity contribution in [2.45, 2.75) is 13.5 Å². The van der Waals surface area contributed by atoms with Crippen LogP contribution in [0.5, 0.6) is 0 Å². The summed E-state index contributed by atoms with van der Waals surface area (Å²) in [5.41, 5.74) is 8.35. The number of aromatic nitrogens is 2. The molecule has 4 N–H and O–H groups in total. The maximum absolute atomic E-state index is 5.77. The van der Waals surface area contributed by atoms with Crippen molar-refractivity contribution in [2.24, 2.45) is 0 Å². The second-order valence-corrected chi connectivity index (χ2v) is 5.00. The molecule has 0 unspecified atom stereocenters. The van der Waals surface area contributed by atoms with Crippen molar-refractivity contribution >= 4 is 40.4 Å². The van der Waals surface area contributed by atoms with E-state index in [0.717, 1.165) is 11.3 Å². The molecule has 0 radical (unpaired) electrons. The van der Waals surface area contributed by atoms with Crippen LogP contribution in [0.2, 0.25) is 5.15 Å². The number of hydrogen-bond donors (Lipinski definition) is 3. The van der Waals surface area contributed by atoms with Crippen molar-refractivity contribution in [1.29, 1.82) is 0 Å². The highest BCUT2D eigenvalue weighted by molar-refractivity contribution is 7.80. The Labute approximate surface area is 127 Å². The summed E-state index contributed by atoms with van der Waals surface area (Å²) in [6.07, 6.45) is 1.41. The van der Waals surface area contributed by atoms with Gasteiger partial charge >= 0.3 is 0 Å². The third-order valence-electron chi connectivity index (χ3n) is 2.54. The van der Waals surface area contributed by atoms with Crippen LogP contribution in [0, 0.1) is 6.92 Å². The van der Waals surface area contributed by atoms with E-state index < -0.39 is 0 Å². The molecule has 0 saturated carbocycles. The van der Waals surface area contributed by atoms with Gasteiger partial charge in [-0.1, -0.05) is 23.7 Å². The Morgan fingerprint density at radius 3 is 3.00 bits per heavy atom. The van der Waals surface area contributed by atoms with Gasteiger partial charge in [-0.2, -0.15) is 0 Å². The van der Waals surface area contributed by atoms with Gasteiger partial charge in [0, 0.05) is 5.69 Å². The summed E-state index contributed by atoms with van der Waals surface area (Å²) in [7, 11) is 0. The Hall–Kier alpha value is -1.92. The number of anilines is 2. The lowest BCUT2D eigenvalue weighted by atomic mass is 10.2. The number of thiocarbonyl (C=S) groups is 1. The number of hydrogen-bond acceptors (Lipinski definition) is 4. The van der Waals surface area contributed by atoms with Crippen LogP contribution in [-0.4, -0.2) is 15.1 Å². The number of rotatable bonds is 3. The van der Waals surface area contributed by atoms with Gasteiger partial charge in [0.25, 0.3) is 0 Å². The maximum Gasteiger partial charge on any atom is 0.171 e. The van der Waals surface area contributed by atoms with E-state index in [9.17, 15) is 0 Å². The molecule has 0 bridgehead atoms. The minimum atomic E-state index is 0.300. The van der Waals surface area contributed by atoms with E-state index in [1.807, 2.05) is 31.2 Å². The second-order valence-electron chi connectivity index (χ2n) is 4.20. The lowest BCUT2D eigenvalue weighted by Crippen LogP contribution is -2.28. The fourth-order valence-corrected chi connectivity index (χ4v) is 1.95. The molecule has 1 aromatic heterocycles. The molecule has 5 nitrogen and oxygen atoms in total. The first kappa shape index (κ1) is 14.5. The van der Waals surface area contributed by atoms with Gasteiger partial charge in [-0.25, -0.2) is 9.97 Å². The highest BCUT2D eigenvalue weighted by Gasteiger charge is 2.05. The van der Waals surface area contributed by atoms with E-state index in [1.54, 1.807) is 0 Å². The minimum Gasteiger partial charge on any atom is -0.382 e. The van der Waals surface area contributed by atoms with Crippen LogP contribution in [-0.2, 0) is 6.54 Å². The van der Waals surface area contributed by atoms with E-state index in [0.29, 0.717) is 28.3 Å². The van der Waals surface area contributed by atoms with Gasteiger partial charge in [0.2, 0.25) is 0 Å². The van der Waals surface area contributed by atoms with Crippen molar-refractivity contribution in [3.05, 3.63) is 46.9 Å². The molecule has 0 atom stereocenters. The van der Waals surface area contributed by atoms with Crippen LogP contribution in [0.1, 0.15) is 11.3 Å². The predicted octanol–water partition coefficient (Wildman–Crippen LogP) is 2.51. The summed E-state index contributed by atoms with van der Waals surface area (Å²) in [4.78, 5) is 8.03. The number of nitrogens with zero attached hydrogens (tertiary/aromatic N) is 2. The zero-order valence-corrected chi connectivity index (χ0v) is 12.4. The highest BCUT2D eigenvalue weighted by atomic mass is 35.5. The predicted molar refractivity (Wildman–Crippen MR) is 85.7 cm³/mol. The number of nitrogens with one attached hydrogen (secondary N) is 2. The Balaban J connectivity index is 1.94. The van der Waals surface area contributed by atoms with E-state index in [1.165, 1.54) is 6.20 Å². The van der Waals surface area contributed by atoms with Crippen molar-refractivity contribution in [2.75, 3.05) is 11.1 Å². The van der Waals surface area contributed by atoms with Crippen LogP contribution in [0.4, 0.5) is 11.5 Å². The smallest absolute Gasteiger partial charge is 0.171 e. The van der Waals surface area contributed by atoms with E-state index in [-0.39, 0.29) is 0 Å². The van der Waals surface area contributed by atoms with E-state index >= 15 is 0 Å². The number of nitrogens with two attached hydrogens (primary N) is 1. The lowest BCUT2D eigenvalue weighted by Gasteiger charge is -2.11. The minimum absolute atomic E-state index is 0.300. The van der Waals surface area contributed by atoms with Crippen molar-refractivity contribution in [3.8, 4) is 0 Å². The molecular formula is C13H14ClN5S. The second kappa shape index (κ2) is 6.49. The average Bonchev–Trinajstić information content (AvgIpc) is 2.40. The molecule has 7 heteroatoms. The van der Waals surface area contributed by atoms with E-state index in [4.69, 9.17) is 29.6 Å². The Morgan fingerprint density at radius 2 is 2.25 bits per heavy atom. The monoisotopic (exact) mass is 307 g/mol. The van der Waals surface area contributed by atoms with Crippen LogP contribution < -0.4 is 16.4 Å². The fraction of sp³-hybridized carbons (Fsp3) is 0.154. The van der Waals surface area contributed by atoms with E-state index in [2.05, 4.69) is 20.6 Å². The first-order valence-electron chi connectivity index (χ1n) is 5.93. The van der Waals surface area contributed by atoms with Crippen molar-refractivity contribution < 1.29 is 0 Å². The number of benzene rings is 1. The number of halogens is 1. The summed E-state index contributed by atoms with van der Waals surface area (Å²) in [6.45, 7) is 2.38. The molecule has 0 spiro atoms. The molecule has 0 fully saturated rings.